The predicted octanol–water partition coefficient (Wildman–Crippen LogP) is 6.37. The molecule has 0 saturated carbocycles. The van der Waals surface area contributed by atoms with Crippen LogP contribution >= 0.6 is 11.6 Å². The van der Waals surface area contributed by atoms with Gasteiger partial charge in [0.15, 0.2) is 0 Å². The lowest BCUT2D eigenvalue weighted by molar-refractivity contribution is -0.145. The van der Waals surface area contributed by atoms with Crippen molar-refractivity contribution in [1.29, 1.82) is 0 Å². The minimum atomic E-state index is -0.131. The first-order valence-electron chi connectivity index (χ1n) is 16.6. The summed E-state index contributed by atoms with van der Waals surface area (Å²) in [5, 5.41) is 0. The molecule has 0 aliphatic carbocycles. The molecule has 0 aliphatic heterocycles. The summed E-state index contributed by atoms with van der Waals surface area (Å²) in [5.74, 6) is 0.614. The maximum Gasteiger partial charge on any atom is 0.305 e. The van der Waals surface area contributed by atoms with Gasteiger partial charge in [-0.1, -0.05) is 71.1 Å². The summed E-state index contributed by atoms with van der Waals surface area (Å²) >= 11 is 5.65. The molecule has 0 radical (unpaired) electrons. The van der Waals surface area contributed by atoms with E-state index in [0.29, 0.717) is 98.9 Å². The van der Waals surface area contributed by atoms with E-state index in [1.807, 2.05) is 0 Å². The number of hydrogen-bond acceptors (Lipinski definition) is 9. The SMILES string of the molecule is CCCCCCCCCCCC(=O)OCCOCCOCCOCCOCCOCCOCCOCCCCCCCl. The molecule has 0 atom stereocenters. The molecule has 0 aromatic rings. The van der Waals surface area contributed by atoms with E-state index >= 15 is 0 Å². The smallest absolute Gasteiger partial charge is 0.305 e. The number of halogens is 1. The van der Waals surface area contributed by atoms with Crippen molar-refractivity contribution in [3.8, 4) is 0 Å². The molecule has 0 spiro atoms. The van der Waals surface area contributed by atoms with Crippen molar-refractivity contribution in [2.75, 3.05) is 105 Å². The van der Waals surface area contributed by atoms with Crippen LogP contribution < -0.4 is 0 Å². The van der Waals surface area contributed by atoms with E-state index in [9.17, 15) is 4.79 Å². The van der Waals surface area contributed by atoms with Gasteiger partial charge in [0.2, 0.25) is 0 Å². The quantitative estimate of drug-likeness (QED) is 0.0443. The molecule has 0 fully saturated rings. The van der Waals surface area contributed by atoms with Crippen LogP contribution in [-0.4, -0.2) is 111 Å². The van der Waals surface area contributed by atoms with Crippen LogP contribution in [0.4, 0.5) is 0 Å². The van der Waals surface area contributed by atoms with E-state index < -0.39 is 0 Å². The fourth-order valence-corrected chi connectivity index (χ4v) is 4.13. The van der Waals surface area contributed by atoms with E-state index in [-0.39, 0.29) is 5.97 Å². The Bertz CT molecular complexity index is 514. The number of carbonyl (C=O) groups is 1. The summed E-state index contributed by atoms with van der Waals surface area (Å²) in [6.07, 6.45) is 16.2. The van der Waals surface area contributed by atoms with Gasteiger partial charge in [0.25, 0.3) is 0 Å². The third kappa shape index (κ3) is 37.5. The second-order valence-corrected chi connectivity index (χ2v) is 10.6. The molecule has 0 unspecified atom stereocenters. The summed E-state index contributed by atoms with van der Waals surface area (Å²) in [6, 6.07) is 0. The highest BCUT2D eigenvalue weighted by Crippen LogP contribution is 2.10. The van der Waals surface area contributed by atoms with Crippen LogP contribution in [0.5, 0.6) is 0 Å². The average molecular weight is 627 g/mol. The van der Waals surface area contributed by atoms with Crippen LogP contribution in [0.2, 0.25) is 0 Å². The molecule has 0 rings (SSSR count). The first kappa shape index (κ1) is 41.5. The van der Waals surface area contributed by atoms with Gasteiger partial charge in [-0.25, -0.2) is 0 Å². The first-order chi connectivity index (χ1) is 20.8. The van der Waals surface area contributed by atoms with Gasteiger partial charge in [0, 0.05) is 18.9 Å². The van der Waals surface area contributed by atoms with E-state index in [4.69, 9.17) is 49.5 Å². The molecular weight excluding hydrogens is 564 g/mol. The molecule has 0 bridgehead atoms. The van der Waals surface area contributed by atoms with E-state index in [1.54, 1.807) is 0 Å². The Hall–Kier alpha value is -0.520. The number of esters is 1. The summed E-state index contributed by atoms with van der Waals surface area (Å²) < 4.78 is 43.5. The normalized spacial score (nSPS) is 11.4. The van der Waals surface area contributed by atoms with Gasteiger partial charge in [0.1, 0.15) is 6.61 Å². The van der Waals surface area contributed by atoms with Crippen molar-refractivity contribution in [3.63, 3.8) is 0 Å². The van der Waals surface area contributed by atoms with Gasteiger partial charge in [-0.15, -0.1) is 11.6 Å². The maximum absolute atomic E-state index is 11.8. The van der Waals surface area contributed by atoms with Gasteiger partial charge >= 0.3 is 5.97 Å². The Morgan fingerprint density at radius 2 is 0.738 bits per heavy atom. The fraction of sp³-hybridized carbons (Fsp3) is 0.969. The fourth-order valence-electron chi connectivity index (χ4n) is 3.94. The number of carbonyl (C=O) groups excluding carboxylic acids is 1. The molecule has 0 heterocycles. The Morgan fingerprint density at radius 1 is 0.405 bits per heavy atom. The van der Waals surface area contributed by atoms with E-state index in [1.165, 1.54) is 57.8 Å². The highest BCUT2D eigenvalue weighted by atomic mass is 35.5. The van der Waals surface area contributed by atoms with Gasteiger partial charge in [0.05, 0.1) is 85.9 Å². The van der Waals surface area contributed by atoms with Gasteiger partial charge in [-0.2, -0.15) is 0 Å². The summed E-state index contributed by atoms with van der Waals surface area (Å²) in [6.45, 7) is 10.1. The van der Waals surface area contributed by atoms with Crippen molar-refractivity contribution in [2.24, 2.45) is 0 Å². The molecule has 42 heavy (non-hydrogen) atoms. The topological polar surface area (TPSA) is 90.9 Å². The average Bonchev–Trinajstić information content (AvgIpc) is 3.00. The Kier molecular flexibility index (Phi) is 38.0. The van der Waals surface area contributed by atoms with Crippen LogP contribution in [0.1, 0.15) is 96.8 Å². The molecular formula is C32H63ClO9. The second kappa shape index (κ2) is 38.5. The molecule has 0 amide bonds. The van der Waals surface area contributed by atoms with Crippen molar-refractivity contribution >= 4 is 17.6 Å². The Morgan fingerprint density at radius 3 is 1.17 bits per heavy atom. The van der Waals surface area contributed by atoms with Gasteiger partial charge in [-0.3, -0.25) is 4.79 Å². The zero-order chi connectivity index (χ0) is 30.4. The lowest BCUT2D eigenvalue weighted by Gasteiger charge is -2.09. The molecule has 0 aromatic carbocycles. The summed E-state index contributed by atoms with van der Waals surface area (Å²) in [7, 11) is 0. The first-order valence-corrected chi connectivity index (χ1v) is 17.1. The molecule has 0 saturated heterocycles. The predicted molar refractivity (Wildman–Crippen MR) is 168 cm³/mol. The number of ether oxygens (including phenoxy) is 8. The number of unbranched alkanes of at least 4 members (excludes halogenated alkanes) is 11. The maximum atomic E-state index is 11.8. The van der Waals surface area contributed by atoms with Gasteiger partial charge < -0.3 is 37.9 Å². The zero-order valence-corrected chi connectivity index (χ0v) is 27.5. The molecule has 252 valence electrons. The summed E-state index contributed by atoms with van der Waals surface area (Å²) in [4.78, 5) is 11.8. The highest BCUT2D eigenvalue weighted by molar-refractivity contribution is 6.17. The van der Waals surface area contributed by atoms with Crippen molar-refractivity contribution in [2.45, 2.75) is 96.8 Å². The summed E-state index contributed by atoms with van der Waals surface area (Å²) in [5.41, 5.74) is 0. The van der Waals surface area contributed by atoms with Crippen LogP contribution in [0.15, 0.2) is 0 Å². The number of alkyl halides is 1. The van der Waals surface area contributed by atoms with Crippen molar-refractivity contribution < 1.29 is 42.7 Å². The minimum Gasteiger partial charge on any atom is -0.463 e. The third-order valence-electron chi connectivity index (χ3n) is 6.38. The molecule has 9 nitrogen and oxygen atoms in total. The Balaban J connectivity index is 3.11. The van der Waals surface area contributed by atoms with Gasteiger partial charge in [-0.05, 0) is 19.3 Å². The van der Waals surface area contributed by atoms with E-state index in [2.05, 4.69) is 6.92 Å². The van der Waals surface area contributed by atoms with Crippen LogP contribution in [0, 0.1) is 0 Å². The standard InChI is InChI=1S/C32H63ClO9/c1-2-3-4-5-6-7-8-9-12-15-32(34)42-31-30-41-29-28-40-27-26-39-25-24-38-23-22-37-21-20-36-19-18-35-17-14-11-10-13-16-33/h2-31H2,1H3. The molecule has 0 N–H and O–H groups in total. The zero-order valence-electron chi connectivity index (χ0n) is 26.8. The molecule has 0 aromatic heterocycles. The van der Waals surface area contributed by atoms with Crippen LogP contribution in [0.25, 0.3) is 0 Å². The minimum absolute atomic E-state index is 0.131. The lowest BCUT2D eigenvalue weighted by atomic mass is 10.1. The molecule has 0 aliphatic rings. The third-order valence-corrected chi connectivity index (χ3v) is 6.65. The lowest BCUT2D eigenvalue weighted by Crippen LogP contribution is -2.15. The largest absolute Gasteiger partial charge is 0.463 e. The second-order valence-electron chi connectivity index (χ2n) is 10.2. The van der Waals surface area contributed by atoms with Crippen molar-refractivity contribution in [1.82, 2.24) is 0 Å². The van der Waals surface area contributed by atoms with Crippen LogP contribution in [-0.2, 0) is 42.7 Å². The van der Waals surface area contributed by atoms with Crippen molar-refractivity contribution in [3.05, 3.63) is 0 Å². The monoisotopic (exact) mass is 626 g/mol. The Labute approximate surface area is 261 Å². The van der Waals surface area contributed by atoms with Crippen LogP contribution in [0.3, 0.4) is 0 Å². The highest BCUT2D eigenvalue weighted by Gasteiger charge is 2.03. The number of rotatable bonds is 37. The molecule has 10 heteroatoms. The van der Waals surface area contributed by atoms with E-state index in [0.717, 1.165) is 38.2 Å². The number of hydrogen-bond donors (Lipinski definition) is 0.